The molecule has 33 heavy (non-hydrogen) atoms. The maximum atomic E-state index is 2.61. The second kappa shape index (κ2) is 5.39. The van der Waals surface area contributed by atoms with Gasteiger partial charge in [0, 0.05) is 43.8 Å². The van der Waals surface area contributed by atoms with Gasteiger partial charge < -0.3 is 9.05 Å². The van der Waals surface area contributed by atoms with Gasteiger partial charge in [0.2, 0.25) is 0 Å². The van der Waals surface area contributed by atoms with Gasteiger partial charge in [0.25, 0.3) is 0 Å². The lowest BCUT2D eigenvalue weighted by molar-refractivity contribution is 1.17. The smallest absolute Gasteiger partial charge is 0.333 e. The summed E-state index contributed by atoms with van der Waals surface area (Å²) >= 11 is 0. The molecule has 7 aromatic rings. The van der Waals surface area contributed by atoms with Crippen molar-refractivity contribution < 1.29 is 0 Å². The molecule has 0 N–H and O–H groups in total. The summed E-state index contributed by atoms with van der Waals surface area (Å²) in [7, 11) is 0. The van der Waals surface area contributed by atoms with Gasteiger partial charge in [-0.1, -0.05) is 84.9 Å². The van der Waals surface area contributed by atoms with Crippen molar-refractivity contribution in [2.45, 2.75) is 0 Å². The number of hydrogen-bond acceptors (Lipinski definition) is 0. The Balaban J connectivity index is 1.60. The third kappa shape index (κ3) is 1.71. The first-order valence-electron chi connectivity index (χ1n) is 11.6. The molecule has 0 unspecified atom stereocenters. The predicted molar refractivity (Wildman–Crippen MR) is 140 cm³/mol. The summed E-state index contributed by atoms with van der Waals surface area (Å²) in [5.74, 6) is 0. The number of hydrogen-bond donors (Lipinski definition) is 0. The first-order valence-corrected chi connectivity index (χ1v) is 11.6. The molecule has 0 amide bonds. The van der Waals surface area contributed by atoms with Crippen molar-refractivity contribution in [1.29, 1.82) is 0 Å². The van der Waals surface area contributed by atoms with E-state index in [-0.39, 0.29) is 6.85 Å². The standard InChI is InChI=1S/C30H17BN2/c1-3-15-25-18(8-1)22-13-6-14-24-30(22)32(25)27-17-7-10-20-23-12-5-11-21-19-9-2-4-16-26(19)33(29(21)23)31(24)28(20)27/h1-17H. The van der Waals surface area contributed by atoms with Crippen LogP contribution >= 0.6 is 0 Å². The van der Waals surface area contributed by atoms with Gasteiger partial charge in [0.15, 0.2) is 0 Å². The lowest BCUT2D eigenvalue weighted by atomic mass is 9.45. The van der Waals surface area contributed by atoms with Crippen LogP contribution in [0.25, 0.3) is 60.4 Å². The highest BCUT2D eigenvalue weighted by Gasteiger charge is 2.40. The second-order valence-corrected chi connectivity index (χ2v) is 9.33. The van der Waals surface area contributed by atoms with E-state index in [0.29, 0.717) is 0 Å². The molecule has 2 aliphatic heterocycles. The second-order valence-electron chi connectivity index (χ2n) is 9.33. The van der Waals surface area contributed by atoms with E-state index in [1.165, 1.54) is 71.4 Å². The van der Waals surface area contributed by atoms with Crippen LogP contribution in [-0.4, -0.2) is 15.9 Å². The summed E-state index contributed by atoms with van der Waals surface area (Å²) in [6, 6.07) is 38.3. The topological polar surface area (TPSA) is 9.86 Å². The molecule has 3 heteroatoms. The van der Waals surface area contributed by atoms with E-state index in [2.05, 4.69) is 112 Å². The lowest BCUT2D eigenvalue weighted by Gasteiger charge is -2.33. The molecule has 150 valence electrons. The zero-order valence-corrected chi connectivity index (χ0v) is 17.8. The Morgan fingerprint density at radius 3 is 2.00 bits per heavy atom. The minimum Gasteiger partial charge on any atom is -0.375 e. The Morgan fingerprint density at radius 2 is 1.12 bits per heavy atom. The van der Waals surface area contributed by atoms with Crippen LogP contribution in [0.5, 0.6) is 0 Å². The number of nitrogens with zero attached hydrogens (tertiary/aromatic N) is 2. The molecule has 0 radical (unpaired) electrons. The van der Waals surface area contributed by atoms with Crippen LogP contribution in [0.15, 0.2) is 103 Å². The van der Waals surface area contributed by atoms with E-state index in [4.69, 9.17) is 0 Å². The molecule has 2 nitrogen and oxygen atoms in total. The monoisotopic (exact) mass is 416 g/mol. The molecular weight excluding hydrogens is 399 g/mol. The molecule has 2 aliphatic rings. The zero-order chi connectivity index (χ0) is 21.3. The third-order valence-corrected chi connectivity index (χ3v) is 7.90. The van der Waals surface area contributed by atoms with Gasteiger partial charge in [-0.05, 0) is 34.7 Å². The van der Waals surface area contributed by atoms with Crippen molar-refractivity contribution in [2.75, 3.05) is 0 Å². The van der Waals surface area contributed by atoms with Gasteiger partial charge in [-0.3, -0.25) is 0 Å². The molecule has 0 bridgehead atoms. The number of para-hydroxylation sites is 4. The Morgan fingerprint density at radius 1 is 0.485 bits per heavy atom. The van der Waals surface area contributed by atoms with Crippen molar-refractivity contribution in [3.8, 4) is 16.8 Å². The molecule has 2 aromatic heterocycles. The lowest BCUT2D eigenvalue weighted by Crippen LogP contribution is -2.55. The van der Waals surface area contributed by atoms with Crippen LogP contribution < -0.4 is 10.9 Å². The van der Waals surface area contributed by atoms with E-state index < -0.39 is 0 Å². The zero-order valence-electron chi connectivity index (χ0n) is 17.8. The van der Waals surface area contributed by atoms with Crippen molar-refractivity contribution in [2.24, 2.45) is 0 Å². The highest BCUT2D eigenvalue weighted by Crippen LogP contribution is 2.42. The van der Waals surface area contributed by atoms with Crippen molar-refractivity contribution >= 4 is 61.4 Å². The van der Waals surface area contributed by atoms with E-state index >= 15 is 0 Å². The van der Waals surface area contributed by atoms with Crippen molar-refractivity contribution in [3.05, 3.63) is 103 Å². The summed E-state index contributed by atoms with van der Waals surface area (Å²) in [6.45, 7) is 0.161. The summed E-state index contributed by atoms with van der Waals surface area (Å²) in [4.78, 5) is 0. The molecule has 0 spiro atoms. The van der Waals surface area contributed by atoms with Gasteiger partial charge in [-0.25, -0.2) is 0 Å². The SMILES string of the molecule is c1cc2c3c(c1)-n1c4ccccc4c4cccc(c41)B3n1c3ccccc3c3cccc-2c31. The van der Waals surface area contributed by atoms with Crippen molar-refractivity contribution in [1.82, 2.24) is 9.05 Å². The summed E-state index contributed by atoms with van der Waals surface area (Å²) in [6.07, 6.45) is 0. The van der Waals surface area contributed by atoms with E-state index in [1.54, 1.807) is 0 Å². The third-order valence-electron chi connectivity index (χ3n) is 7.90. The van der Waals surface area contributed by atoms with Gasteiger partial charge >= 0.3 is 6.85 Å². The minimum atomic E-state index is 0.161. The number of aromatic nitrogens is 2. The maximum Gasteiger partial charge on any atom is 0.333 e. The number of rotatable bonds is 0. The Kier molecular flexibility index (Phi) is 2.68. The van der Waals surface area contributed by atoms with E-state index in [9.17, 15) is 0 Å². The highest BCUT2D eigenvalue weighted by molar-refractivity contribution is 6.90. The largest absolute Gasteiger partial charge is 0.375 e. The average Bonchev–Trinajstić information content (AvgIpc) is 3.39. The quantitative estimate of drug-likeness (QED) is 0.275. The average molecular weight is 416 g/mol. The minimum absolute atomic E-state index is 0.161. The molecular formula is C30H17BN2. The molecule has 9 rings (SSSR count). The predicted octanol–water partition coefficient (Wildman–Crippen LogP) is 5.84. The molecule has 0 aliphatic carbocycles. The Bertz CT molecular complexity index is 1990. The van der Waals surface area contributed by atoms with Crippen LogP contribution in [0.2, 0.25) is 0 Å². The molecule has 4 heterocycles. The van der Waals surface area contributed by atoms with Crippen LogP contribution in [-0.2, 0) is 0 Å². The Hall–Kier alpha value is -4.24. The van der Waals surface area contributed by atoms with Gasteiger partial charge in [-0.2, -0.15) is 0 Å². The van der Waals surface area contributed by atoms with Crippen LogP contribution in [0.1, 0.15) is 0 Å². The molecule has 0 fully saturated rings. The van der Waals surface area contributed by atoms with Gasteiger partial charge in [0.1, 0.15) is 0 Å². The van der Waals surface area contributed by atoms with Gasteiger partial charge in [-0.15, -0.1) is 0 Å². The van der Waals surface area contributed by atoms with E-state index in [0.717, 1.165) is 0 Å². The Labute approximate surface area is 190 Å². The fraction of sp³-hybridized carbons (Fsp3) is 0. The number of benzene rings is 5. The maximum absolute atomic E-state index is 2.61. The molecule has 5 aromatic carbocycles. The van der Waals surface area contributed by atoms with Crippen LogP contribution in [0, 0.1) is 0 Å². The number of fused-ring (bicyclic) bond motifs is 10. The molecule has 0 atom stereocenters. The van der Waals surface area contributed by atoms with E-state index in [1.807, 2.05) is 0 Å². The fourth-order valence-electron chi connectivity index (χ4n) is 6.75. The van der Waals surface area contributed by atoms with Crippen LogP contribution in [0.3, 0.4) is 0 Å². The summed E-state index contributed by atoms with van der Waals surface area (Å²) in [5, 5.41) is 5.34. The first-order chi connectivity index (χ1) is 16.4. The summed E-state index contributed by atoms with van der Waals surface area (Å²) < 4.78 is 5.12. The van der Waals surface area contributed by atoms with Crippen molar-refractivity contribution in [3.63, 3.8) is 0 Å². The first kappa shape index (κ1) is 16.4. The normalized spacial score (nSPS) is 13.4. The molecule has 0 saturated carbocycles. The fourth-order valence-corrected chi connectivity index (χ4v) is 6.75. The highest BCUT2D eigenvalue weighted by atomic mass is 15.0. The van der Waals surface area contributed by atoms with Gasteiger partial charge in [0.05, 0.1) is 11.0 Å². The van der Waals surface area contributed by atoms with Crippen LogP contribution in [0.4, 0.5) is 0 Å². The molecule has 0 saturated heterocycles. The summed E-state index contributed by atoms with van der Waals surface area (Å²) in [5.41, 5.74) is 12.1.